The molecular weight excluding hydrogens is 335 g/mol. The van der Waals surface area contributed by atoms with E-state index in [0.29, 0.717) is 17.0 Å². The number of nitrogens with one attached hydrogen (secondary N) is 1. The largest absolute Gasteiger partial charge is 0.459 e. The molecule has 0 saturated heterocycles. The molecule has 0 unspecified atom stereocenters. The fourth-order valence-corrected chi connectivity index (χ4v) is 2.81. The Morgan fingerprint density at radius 2 is 1.96 bits per heavy atom. The van der Waals surface area contributed by atoms with Gasteiger partial charge >= 0.3 is 5.97 Å². The summed E-state index contributed by atoms with van der Waals surface area (Å²) in [5.74, 6) is -0.470. The van der Waals surface area contributed by atoms with E-state index in [4.69, 9.17) is 9.26 Å². The number of halogens is 1. The van der Waals surface area contributed by atoms with Crippen molar-refractivity contribution in [2.24, 2.45) is 0 Å². The number of carbonyl (C=O) groups is 1. The standard InChI is InChI=1S/C20H15FN2O3/c21-17-7-3-1-6-16(17)19-10-14(23-26-19)12-25-20(24)9-13-11-22-18-8-4-2-5-15(13)18/h1-8,10-11,22H,9,12H2. The van der Waals surface area contributed by atoms with Crippen molar-refractivity contribution in [3.05, 3.63) is 77.9 Å². The first-order valence-electron chi connectivity index (χ1n) is 8.12. The molecule has 5 nitrogen and oxygen atoms in total. The molecule has 0 aliphatic rings. The van der Waals surface area contributed by atoms with Crippen molar-refractivity contribution in [3.8, 4) is 11.3 Å². The van der Waals surface area contributed by atoms with Crippen LogP contribution in [0.5, 0.6) is 0 Å². The SMILES string of the molecule is O=C(Cc1c[nH]c2ccccc12)OCc1cc(-c2ccccc2F)on1. The number of ether oxygens (including phenoxy) is 1. The lowest BCUT2D eigenvalue weighted by atomic mass is 10.1. The van der Waals surface area contributed by atoms with Crippen LogP contribution in [0.4, 0.5) is 4.39 Å². The van der Waals surface area contributed by atoms with Gasteiger partial charge in [0.2, 0.25) is 0 Å². The number of nitrogens with zero attached hydrogens (tertiary/aromatic N) is 1. The summed E-state index contributed by atoms with van der Waals surface area (Å²) in [5, 5.41) is 4.82. The summed E-state index contributed by atoms with van der Waals surface area (Å²) in [4.78, 5) is 15.2. The van der Waals surface area contributed by atoms with Crippen LogP contribution in [0.25, 0.3) is 22.2 Å². The van der Waals surface area contributed by atoms with Crippen LogP contribution in [0.15, 0.2) is 65.3 Å². The Balaban J connectivity index is 1.40. The van der Waals surface area contributed by atoms with Gasteiger partial charge in [-0.1, -0.05) is 35.5 Å². The van der Waals surface area contributed by atoms with E-state index in [2.05, 4.69) is 10.1 Å². The highest BCUT2D eigenvalue weighted by Gasteiger charge is 2.13. The second-order valence-corrected chi connectivity index (χ2v) is 5.86. The molecule has 0 spiro atoms. The van der Waals surface area contributed by atoms with Gasteiger partial charge in [-0.3, -0.25) is 4.79 Å². The molecule has 6 heteroatoms. The van der Waals surface area contributed by atoms with E-state index >= 15 is 0 Å². The highest BCUT2D eigenvalue weighted by Crippen LogP contribution is 2.23. The number of rotatable bonds is 5. The molecule has 0 radical (unpaired) electrons. The van der Waals surface area contributed by atoms with Crippen molar-refractivity contribution in [2.75, 3.05) is 0 Å². The van der Waals surface area contributed by atoms with Crippen molar-refractivity contribution in [1.82, 2.24) is 10.1 Å². The maximum absolute atomic E-state index is 13.8. The minimum absolute atomic E-state index is 0.0286. The van der Waals surface area contributed by atoms with Gasteiger partial charge in [-0.05, 0) is 23.8 Å². The van der Waals surface area contributed by atoms with Gasteiger partial charge in [-0.2, -0.15) is 0 Å². The van der Waals surface area contributed by atoms with Gasteiger partial charge in [-0.15, -0.1) is 0 Å². The zero-order valence-corrected chi connectivity index (χ0v) is 13.7. The number of benzene rings is 2. The van der Waals surface area contributed by atoms with Crippen molar-refractivity contribution in [1.29, 1.82) is 0 Å². The lowest BCUT2D eigenvalue weighted by molar-refractivity contribution is -0.144. The quantitative estimate of drug-likeness (QED) is 0.547. The highest BCUT2D eigenvalue weighted by atomic mass is 19.1. The van der Waals surface area contributed by atoms with Crippen LogP contribution in [-0.4, -0.2) is 16.1 Å². The van der Waals surface area contributed by atoms with Crippen LogP contribution in [-0.2, 0) is 22.6 Å². The second kappa shape index (κ2) is 6.84. The van der Waals surface area contributed by atoms with Crippen LogP contribution in [0, 0.1) is 5.82 Å². The van der Waals surface area contributed by atoms with Crippen LogP contribution in [0.1, 0.15) is 11.3 Å². The number of fused-ring (bicyclic) bond motifs is 1. The third-order valence-electron chi connectivity index (χ3n) is 4.09. The van der Waals surface area contributed by atoms with E-state index in [-0.39, 0.29) is 19.0 Å². The van der Waals surface area contributed by atoms with Crippen molar-refractivity contribution in [3.63, 3.8) is 0 Å². The van der Waals surface area contributed by atoms with E-state index < -0.39 is 5.82 Å². The molecule has 0 aliphatic heterocycles. The first-order valence-corrected chi connectivity index (χ1v) is 8.12. The number of H-pyrrole nitrogens is 1. The number of hydrogen-bond donors (Lipinski definition) is 1. The maximum atomic E-state index is 13.8. The molecule has 4 rings (SSSR count). The summed E-state index contributed by atoms with van der Waals surface area (Å²) < 4.78 is 24.2. The molecule has 0 bridgehead atoms. The lowest BCUT2D eigenvalue weighted by Gasteiger charge is -2.01. The van der Waals surface area contributed by atoms with E-state index in [0.717, 1.165) is 16.5 Å². The highest BCUT2D eigenvalue weighted by molar-refractivity contribution is 5.87. The zero-order chi connectivity index (χ0) is 17.9. The van der Waals surface area contributed by atoms with Crippen LogP contribution < -0.4 is 0 Å². The Morgan fingerprint density at radius 3 is 2.85 bits per heavy atom. The number of aromatic amines is 1. The fourth-order valence-electron chi connectivity index (χ4n) is 2.81. The molecule has 2 heterocycles. The van der Waals surface area contributed by atoms with Crippen molar-refractivity contribution >= 4 is 16.9 Å². The van der Waals surface area contributed by atoms with Gasteiger partial charge in [0.1, 0.15) is 18.1 Å². The molecule has 130 valence electrons. The van der Waals surface area contributed by atoms with E-state index in [1.807, 2.05) is 24.3 Å². The maximum Gasteiger partial charge on any atom is 0.310 e. The summed E-state index contributed by atoms with van der Waals surface area (Å²) in [5.41, 5.74) is 2.59. The smallest absolute Gasteiger partial charge is 0.310 e. The fraction of sp³-hybridized carbons (Fsp3) is 0.100. The molecule has 0 aliphatic carbocycles. The Bertz CT molecular complexity index is 1070. The first kappa shape index (κ1) is 16.1. The topological polar surface area (TPSA) is 68.1 Å². The Morgan fingerprint density at radius 1 is 1.15 bits per heavy atom. The van der Waals surface area contributed by atoms with E-state index in [1.54, 1.807) is 30.5 Å². The average Bonchev–Trinajstić information content (AvgIpc) is 3.28. The summed E-state index contributed by atoms with van der Waals surface area (Å²) in [6.45, 7) is -0.0286. The number of carbonyl (C=O) groups excluding carboxylic acids is 1. The van der Waals surface area contributed by atoms with Gasteiger partial charge in [-0.25, -0.2) is 4.39 Å². The molecule has 2 aromatic heterocycles. The molecule has 0 fully saturated rings. The minimum Gasteiger partial charge on any atom is -0.459 e. The number of para-hydroxylation sites is 1. The summed E-state index contributed by atoms with van der Waals surface area (Å²) in [6.07, 6.45) is 1.96. The normalized spacial score (nSPS) is 11.0. The van der Waals surface area contributed by atoms with Crippen molar-refractivity contribution in [2.45, 2.75) is 13.0 Å². The predicted octanol–water partition coefficient (Wildman–Crippen LogP) is 4.25. The molecule has 26 heavy (non-hydrogen) atoms. The minimum atomic E-state index is -0.397. The number of hydrogen-bond acceptors (Lipinski definition) is 4. The monoisotopic (exact) mass is 350 g/mol. The summed E-state index contributed by atoms with van der Waals surface area (Å²) >= 11 is 0. The average molecular weight is 350 g/mol. The van der Waals surface area contributed by atoms with Gasteiger partial charge in [0, 0.05) is 23.2 Å². The Kier molecular flexibility index (Phi) is 4.23. The Hall–Kier alpha value is -3.41. The molecule has 0 saturated carbocycles. The third-order valence-corrected chi connectivity index (χ3v) is 4.09. The molecule has 0 amide bonds. The number of esters is 1. The second-order valence-electron chi connectivity index (χ2n) is 5.86. The molecule has 0 atom stereocenters. The third kappa shape index (κ3) is 3.21. The first-order chi connectivity index (χ1) is 12.7. The zero-order valence-electron chi connectivity index (χ0n) is 13.7. The molecule has 1 N–H and O–H groups in total. The van der Waals surface area contributed by atoms with Gasteiger partial charge in [0.15, 0.2) is 5.76 Å². The predicted molar refractivity (Wildman–Crippen MR) is 93.7 cm³/mol. The Labute approximate surface area is 148 Å². The molecular formula is C20H15FN2O3. The van der Waals surface area contributed by atoms with E-state index in [9.17, 15) is 9.18 Å². The summed E-state index contributed by atoms with van der Waals surface area (Å²) in [6, 6.07) is 15.6. The van der Waals surface area contributed by atoms with Gasteiger partial charge in [0.25, 0.3) is 0 Å². The number of aromatic nitrogens is 2. The summed E-state index contributed by atoms with van der Waals surface area (Å²) in [7, 11) is 0. The van der Waals surface area contributed by atoms with Crippen LogP contribution in [0.3, 0.4) is 0 Å². The molecule has 4 aromatic rings. The van der Waals surface area contributed by atoms with Crippen molar-refractivity contribution < 1.29 is 18.4 Å². The van der Waals surface area contributed by atoms with Crippen LogP contribution in [0.2, 0.25) is 0 Å². The van der Waals surface area contributed by atoms with Crippen LogP contribution >= 0.6 is 0 Å². The van der Waals surface area contributed by atoms with E-state index in [1.165, 1.54) is 6.07 Å². The van der Waals surface area contributed by atoms with Gasteiger partial charge < -0.3 is 14.2 Å². The lowest BCUT2D eigenvalue weighted by Crippen LogP contribution is -2.07. The molecule has 2 aromatic carbocycles. The van der Waals surface area contributed by atoms with Gasteiger partial charge in [0.05, 0.1) is 12.0 Å².